The third kappa shape index (κ3) is 5.56. The van der Waals surface area contributed by atoms with Crippen LogP contribution in [0.5, 0.6) is 5.75 Å². The summed E-state index contributed by atoms with van der Waals surface area (Å²) in [6.07, 6.45) is 0.125. The average molecular weight is 380 g/mol. The Morgan fingerprint density at radius 3 is 2.61 bits per heavy atom. The standard InChI is InChI=1S/C17H19BrFN3O/c1-11(2)23-15-6-4-14(5-7-15)22-17(20)21-10-12-9-13(18)3-8-16(12)19/h3-9,11H,10H2,1-2H3,(H3,20,21,22). The van der Waals surface area contributed by atoms with E-state index in [0.717, 1.165) is 15.9 Å². The summed E-state index contributed by atoms with van der Waals surface area (Å²) in [6, 6.07) is 12.1. The van der Waals surface area contributed by atoms with Gasteiger partial charge >= 0.3 is 0 Å². The Morgan fingerprint density at radius 1 is 1.26 bits per heavy atom. The van der Waals surface area contributed by atoms with Gasteiger partial charge in [-0.25, -0.2) is 9.38 Å². The van der Waals surface area contributed by atoms with Crippen LogP contribution < -0.4 is 15.8 Å². The fourth-order valence-corrected chi connectivity index (χ4v) is 2.32. The molecular formula is C17H19BrFN3O. The number of anilines is 1. The van der Waals surface area contributed by atoms with Crippen molar-refractivity contribution in [3.05, 3.63) is 58.3 Å². The quantitative estimate of drug-likeness (QED) is 0.601. The van der Waals surface area contributed by atoms with Gasteiger partial charge in [0.05, 0.1) is 12.6 Å². The lowest BCUT2D eigenvalue weighted by molar-refractivity contribution is 0.242. The largest absolute Gasteiger partial charge is 0.491 e. The molecule has 0 heterocycles. The van der Waals surface area contributed by atoms with Gasteiger partial charge in [-0.05, 0) is 56.3 Å². The smallest absolute Gasteiger partial charge is 0.193 e. The van der Waals surface area contributed by atoms with Gasteiger partial charge in [-0.15, -0.1) is 0 Å². The lowest BCUT2D eigenvalue weighted by Gasteiger charge is -2.11. The number of hydrogen-bond acceptors (Lipinski definition) is 2. The topological polar surface area (TPSA) is 59.6 Å². The number of halogens is 2. The molecule has 0 saturated carbocycles. The number of benzene rings is 2. The molecule has 2 aromatic carbocycles. The normalized spacial score (nSPS) is 11.6. The summed E-state index contributed by atoms with van der Waals surface area (Å²) in [5, 5.41) is 2.96. The number of ether oxygens (including phenoxy) is 1. The Hall–Kier alpha value is -2.08. The van der Waals surface area contributed by atoms with E-state index in [0.29, 0.717) is 5.56 Å². The van der Waals surface area contributed by atoms with Crippen LogP contribution in [0.4, 0.5) is 10.1 Å². The van der Waals surface area contributed by atoms with Crippen molar-refractivity contribution in [2.45, 2.75) is 26.5 Å². The highest BCUT2D eigenvalue weighted by atomic mass is 79.9. The van der Waals surface area contributed by atoms with E-state index in [2.05, 4.69) is 26.2 Å². The molecule has 2 rings (SSSR count). The van der Waals surface area contributed by atoms with Crippen molar-refractivity contribution in [2.24, 2.45) is 10.7 Å². The number of guanidine groups is 1. The molecule has 0 amide bonds. The molecule has 0 aromatic heterocycles. The van der Waals surface area contributed by atoms with Crippen LogP contribution in [0.15, 0.2) is 51.9 Å². The van der Waals surface area contributed by atoms with E-state index in [4.69, 9.17) is 10.5 Å². The van der Waals surface area contributed by atoms with E-state index >= 15 is 0 Å². The van der Waals surface area contributed by atoms with Crippen LogP contribution in [-0.2, 0) is 6.54 Å². The SMILES string of the molecule is CC(C)Oc1ccc(NC(N)=NCc2cc(Br)ccc2F)cc1. The molecule has 0 aliphatic heterocycles. The second kappa shape index (κ2) is 7.97. The molecule has 23 heavy (non-hydrogen) atoms. The van der Waals surface area contributed by atoms with Crippen LogP contribution in [-0.4, -0.2) is 12.1 Å². The van der Waals surface area contributed by atoms with Crippen molar-refractivity contribution >= 4 is 27.6 Å². The molecule has 122 valence electrons. The van der Waals surface area contributed by atoms with Gasteiger partial charge in [-0.2, -0.15) is 0 Å². The highest BCUT2D eigenvalue weighted by molar-refractivity contribution is 9.10. The second-order valence-electron chi connectivity index (χ2n) is 5.25. The summed E-state index contributed by atoms with van der Waals surface area (Å²) in [5.74, 6) is 0.708. The predicted octanol–water partition coefficient (Wildman–Crippen LogP) is 4.30. The first kappa shape index (κ1) is 17.3. The molecular weight excluding hydrogens is 361 g/mol. The van der Waals surface area contributed by atoms with Crippen molar-refractivity contribution in [2.75, 3.05) is 5.32 Å². The first-order valence-corrected chi connectivity index (χ1v) is 8.01. The lowest BCUT2D eigenvalue weighted by Crippen LogP contribution is -2.22. The molecule has 0 spiro atoms. The fourth-order valence-electron chi connectivity index (χ4n) is 1.91. The number of nitrogens with two attached hydrogens (primary N) is 1. The minimum Gasteiger partial charge on any atom is -0.491 e. The Balaban J connectivity index is 1.98. The second-order valence-corrected chi connectivity index (χ2v) is 6.17. The van der Waals surface area contributed by atoms with E-state index < -0.39 is 0 Å². The molecule has 2 aromatic rings. The Labute approximate surface area is 143 Å². The summed E-state index contributed by atoms with van der Waals surface area (Å²) < 4.78 is 20.0. The van der Waals surface area contributed by atoms with Crippen molar-refractivity contribution in [1.29, 1.82) is 0 Å². The Bertz CT molecular complexity index is 687. The summed E-state index contributed by atoms with van der Waals surface area (Å²) in [7, 11) is 0. The Kier molecular flexibility index (Phi) is 5.98. The highest BCUT2D eigenvalue weighted by Gasteiger charge is 2.03. The molecule has 0 aliphatic rings. The molecule has 0 unspecified atom stereocenters. The lowest BCUT2D eigenvalue weighted by atomic mass is 10.2. The van der Waals surface area contributed by atoms with E-state index in [1.807, 2.05) is 38.1 Å². The molecule has 0 aliphatic carbocycles. The van der Waals surface area contributed by atoms with Gasteiger partial charge in [0.15, 0.2) is 5.96 Å². The molecule has 0 atom stereocenters. The van der Waals surface area contributed by atoms with Gasteiger partial charge in [-0.1, -0.05) is 15.9 Å². The predicted molar refractivity (Wildman–Crippen MR) is 95.3 cm³/mol. The van der Waals surface area contributed by atoms with E-state index in [9.17, 15) is 4.39 Å². The van der Waals surface area contributed by atoms with Crippen molar-refractivity contribution in [3.8, 4) is 5.75 Å². The molecule has 0 fully saturated rings. The minimum atomic E-state index is -0.306. The van der Waals surface area contributed by atoms with Crippen LogP contribution in [0.1, 0.15) is 19.4 Å². The number of nitrogens with one attached hydrogen (secondary N) is 1. The third-order valence-electron chi connectivity index (χ3n) is 2.93. The molecule has 0 bridgehead atoms. The van der Waals surface area contributed by atoms with Crippen LogP contribution in [0.2, 0.25) is 0 Å². The maximum atomic E-state index is 13.6. The molecule has 3 N–H and O–H groups in total. The van der Waals surface area contributed by atoms with Gasteiger partial charge in [0.1, 0.15) is 11.6 Å². The van der Waals surface area contributed by atoms with E-state index in [1.54, 1.807) is 12.1 Å². The molecule has 4 nitrogen and oxygen atoms in total. The summed E-state index contributed by atoms with van der Waals surface area (Å²) >= 11 is 3.31. The fraction of sp³-hybridized carbons (Fsp3) is 0.235. The third-order valence-corrected chi connectivity index (χ3v) is 3.42. The van der Waals surface area contributed by atoms with Gasteiger partial charge < -0.3 is 15.8 Å². The van der Waals surface area contributed by atoms with Crippen LogP contribution in [0, 0.1) is 5.82 Å². The first-order valence-electron chi connectivity index (χ1n) is 7.21. The zero-order valence-corrected chi connectivity index (χ0v) is 14.6. The van der Waals surface area contributed by atoms with Gasteiger partial charge in [-0.3, -0.25) is 0 Å². The van der Waals surface area contributed by atoms with E-state index in [1.165, 1.54) is 6.07 Å². The summed E-state index contributed by atoms with van der Waals surface area (Å²) in [5.41, 5.74) is 7.10. The number of nitrogens with zero attached hydrogens (tertiary/aromatic N) is 1. The number of hydrogen-bond donors (Lipinski definition) is 2. The van der Waals surface area contributed by atoms with Crippen molar-refractivity contribution in [1.82, 2.24) is 0 Å². The highest BCUT2D eigenvalue weighted by Crippen LogP contribution is 2.18. The minimum absolute atomic E-state index is 0.125. The number of rotatable bonds is 5. The molecule has 0 saturated heterocycles. The van der Waals surface area contributed by atoms with Crippen molar-refractivity contribution in [3.63, 3.8) is 0 Å². The van der Waals surface area contributed by atoms with Crippen LogP contribution in [0.25, 0.3) is 0 Å². The van der Waals surface area contributed by atoms with Crippen molar-refractivity contribution < 1.29 is 9.13 Å². The summed E-state index contributed by atoms with van der Waals surface area (Å²) in [6.45, 7) is 4.11. The Morgan fingerprint density at radius 2 is 1.96 bits per heavy atom. The van der Waals surface area contributed by atoms with Gasteiger partial charge in [0.25, 0.3) is 0 Å². The van der Waals surface area contributed by atoms with Crippen LogP contribution >= 0.6 is 15.9 Å². The zero-order valence-electron chi connectivity index (χ0n) is 13.0. The number of aliphatic imine (C=N–C) groups is 1. The first-order chi connectivity index (χ1) is 10.9. The summed E-state index contributed by atoms with van der Waals surface area (Å²) in [4.78, 5) is 4.15. The maximum absolute atomic E-state index is 13.6. The molecule has 0 radical (unpaired) electrons. The maximum Gasteiger partial charge on any atom is 0.193 e. The van der Waals surface area contributed by atoms with E-state index in [-0.39, 0.29) is 24.4 Å². The van der Waals surface area contributed by atoms with Gasteiger partial charge in [0, 0.05) is 15.7 Å². The molecule has 6 heteroatoms. The van der Waals surface area contributed by atoms with Gasteiger partial charge in [0.2, 0.25) is 0 Å². The monoisotopic (exact) mass is 379 g/mol. The van der Waals surface area contributed by atoms with Crippen LogP contribution in [0.3, 0.4) is 0 Å². The zero-order chi connectivity index (χ0) is 16.8. The average Bonchev–Trinajstić information content (AvgIpc) is 2.50.